The Bertz CT molecular complexity index is 275. The molecule has 0 saturated carbocycles. The van der Waals surface area contributed by atoms with Crippen LogP contribution >= 0.6 is 0 Å². The molecule has 2 nitrogen and oxygen atoms in total. The van der Waals surface area contributed by atoms with Gasteiger partial charge in [0.15, 0.2) is 5.69 Å². The van der Waals surface area contributed by atoms with Gasteiger partial charge in [-0.25, -0.2) is 0 Å². The molecule has 0 fully saturated rings. The van der Waals surface area contributed by atoms with Gasteiger partial charge in [0.2, 0.25) is 0 Å². The van der Waals surface area contributed by atoms with Gasteiger partial charge in [0.25, 0.3) is 0 Å². The summed E-state index contributed by atoms with van der Waals surface area (Å²) in [6, 6.07) is 2.16. The lowest BCUT2D eigenvalue weighted by molar-refractivity contribution is -0.141. The van der Waals surface area contributed by atoms with Crippen LogP contribution in [0.1, 0.15) is 18.3 Å². The van der Waals surface area contributed by atoms with E-state index in [0.717, 1.165) is 0 Å². The van der Waals surface area contributed by atoms with Crippen LogP contribution in [-0.2, 0) is 12.7 Å². The van der Waals surface area contributed by atoms with E-state index < -0.39 is 11.9 Å². The van der Waals surface area contributed by atoms with Crippen molar-refractivity contribution in [1.82, 2.24) is 9.78 Å². The molecule has 67 valence electrons. The maximum Gasteiger partial charge on any atom is 0.435 e. The van der Waals surface area contributed by atoms with E-state index in [9.17, 15) is 13.2 Å². The quantitative estimate of drug-likeness (QED) is 0.641. The summed E-state index contributed by atoms with van der Waals surface area (Å²) in [6.45, 7) is 3.71. The van der Waals surface area contributed by atoms with Crippen molar-refractivity contribution in [2.24, 2.45) is 0 Å². The number of halogens is 3. The Labute approximate surface area is 68.0 Å². The third kappa shape index (κ3) is 1.60. The number of aromatic nitrogens is 2. The Balaban J connectivity index is 3.05. The molecule has 1 aromatic rings. The number of rotatable bonds is 1. The van der Waals surface area contributed by atoms with Crippen LogP contribution in [0.3, 0.4) is 0 Å². The molecule has 0 amide bonds. The van der Waals surface area contributed by atoms with Gasteiger partial charge in [-0.2, -0.15) is 18.3 Å². The average Bonchev–Trinajstić information content (AvgIpc) is 2.29. The molecule has 0 atom stereocenters. The van der Waals surface area contributed by atoms with E-state index in [1.165, 1.54) is 4.68 Å². The molecule has 0 bridgehead atoms. The smallest absolute Gasteiger partial charge is 0.269 e. The normalized spacial score (nSPS) is 12.1. The van der Waals surface area contributed by atoms with Crippen molar-refractivity contribution in [3.05, 3.63) is 17.5 Å². The van der Waals surface area contributed by atoms with Crippen molar-refractivity contribution in [3.63, 3.8) is 0 Å². The molecule has 0 aliphatic carbocycles. The summed E-state index contributed by atoms with van der Waals surface area (Å²) in [5.41, 5.74) is -0.535. The van der Waals surface area contributed by atoms with Crippen LogP contribution < -0.4 is 0 Å². The Hall–Kier alpha value is -1.00. The summed E-state index contributed by atoms with van der Waals surface area (Å²) >= 11 is 0. The first-order valence-electron chi connectivity index (χ1n) is 3.49. The van der Waals surface area contributed by atoms with Crippen LogP contribution in [-0.4, -0.2) is 9.78 Å². The van der Waals surface area contributed by atoms with Crippen LogP contribution in [0.25, 0.3) is 0 Å². The third-order valence-corrected chi connectivity index (χ3v) is 1.48. The van der Waals surface area contributed by atoms with Crippen LogP contribution in [0.15, 0.2) is 0 Å². The van der Waals surface area contributed by atoms with E-state index in [2.05, 4.69) is 11.2 Å². The average molecular weight is 177 g/mol. The zero-order chi connectivity index (χ0) is 9.35. The van der Waals surface area contributed by atoms with E-state index in [1.54, 1.807) is 13.8 Å². The predicted molar refractivity (Wildman–Crippen MR) is 36.5 cm³/mol. The molecule has 0 unspecified atom stereocenters. The highest BCUT2D eigenvalue weighted by atomic mass is 19.4. The van der Waals surface area contributed by atoms with Gasteiger partial charge in [0, 0.05) is 18.3 Å². The summed E-state index contributed by atoms with van der Waals surface area (Å²) in [5.74, 6) is 0. The van der Waals surface area contributed by atoms with Gasteiger partial charge in [-0.1, -0.05) is 0 Å². The molecular formula is C7H8F3N2. The molecule has 0 spiro atoms. The standard InChI is InChI=1S/C7H8F3N2/c1-3-12-5(2)4-6(11-12)7(8,9)10/h3H2,1-2H3. The van der Waals surface area contributed by atoms with E-state index in [0.29, 0.717) is 12.2 Å². The van der Waals surface area contributed by atoms with E-state index in [1.807, 2.05) is 0 Å². The van der Waals surface area contributed by atoms with Gasteiger partial charge >= 0.3 is 6.18 Å². The van der Waals surface area contributed by atoms with Crippen molar-refractivity contribution < 1.29 is 13.2 Å². The number of alkyl halides is 3. The molecule has 0 aromatic carbocycles. The minimum absolute atomic E-state index is 0.407. The highest BCUT2D eigenvalue weighted by Gasteiger charge is 2.34. The molecule has 12 heavy (non-hydrogen) atoms. The minimum Gasteiger partial charge on any atom is -0.269 e. The Morgan fingerprint density at radius 1 is 1.50 bits per heavy atom. The van der Waals surface area contributed by atoms with Crippen LogP contribution in [0.4, 0.5) is 13.2 Å². The Kier molecular flexibility index (Phi) is 2.12. The lowest BCUT2D eigenvalue weighted by Crippen LogP contribution is -2.07. The van der Waals surface area contributed by atoms with Crippen molar-refractivity contribution >= 4 is 0 Å². The molecule has 1 rings (SSSR count). The lowest BCUT2D eigenvalue weighted by atomic mass is 10.4. The van der Waals surface area contributed by atoms with Gasteiger partial charge in [0.1, 0.15) is 0 Å². The molecule has 0 saturated heterocycles. The van der Waals surface area contributed by atoms with Crippen molar-refractivity contribution in [1.29, 1.82) is 0 Å². The highest BCUT2D eigenvalue weighted by Crippen LogP contribution is 2.27. The van der Waals surface area contributed by atoms with Crippen LogP contribution in [0.2, 0.25) is 0 Å². The summed E-state index contributed by atoms with van der Waals surface area (Å²) in [4.78, 5) is 0. The molecule has 0 aliphatic rings. The second kappa shape index (κ2) is 2.80. The Morgan fingerprint density at radius 3 is 2.33 bits per heavy atom. The summed E-state index contributed by atoms with van der Waals surface area (Å²) < 4.78 is 37.3. The van der Waals surface area contributed by atoms with Crippen molar-refractivity contribution in [2.45, 2.75) is 26.6 Å². The lowest BCUT2D eigenvalue weighted by Gasteiger charge is -2.00. The molecule has 0 aliphatic heterocycles. The first-order chi connectivity index (χ1) is 5.45. The first kappa shape index (κ1) is 9.09. The fourth-order valence-electron chi connectivity index (χ4n) is 0.892. The second-order valence-corrected chi connectivity index (χ2v) is 2.37. The number of aryl methyl sites for hydroxylation is 2. The molecule has 5 heteroatoms. The molecule has 0 N–H and O–H groups in total. The highest BCUT2D eigenvalue weighted by molar-refractivity contribution is 5.09. The third-order valence-electron chi connectivity index (χ3n) is 1.48. The van der Waals surface area contributed by atoms with Gasteiger partial charge in [-0.3, -0.25) is 4.68 Å². The SMILES string of the molecule is CCn1nc(C(F)(F)F)[c]c1C. The van der Waals surface area contributed by atoms with Gasteiger partial charge in [-0.15, -0.1) is 0 Å². The summed E-state index contributed by atoms with van der Waals surface area (Å²) in [7, 11) is 0. The molecule has 1 radical (unpaired) electrons. The molecular weight excluding hydrogens is 169 g/mol. The number of hydrogen-bond donors (Lipinski definition) is 0. The molecule has 1 aromatic heterocycles. The molecule has 1 heterocycles. The first-order valence-corrected chi connectivity index (χ1v) is 3.49. The maximum absolute atomic E-state index is 12.0. The van der Waals surface area contributed by atoms with E-state index in [-0.39, 0.29) is 0 Å². The summed E-state index contributed by atoms with van der Waals surface area (Å²) in [5, 5.41) is 3.34. The predicted octanol–water partition coefficient (Wildman–Crippen LogP) is 2.03. The van der Waals surface area contributed by atoms with Crippen molar-refractivity contribution in [3.8, 4) is 0 Å². The fraction of sp³-hybridized carbons (Fsp3) is 0.571. The Morgan fingerprint density at radius 2 is 2.08 bits per heavy atom. The number of hydrogen-bond acceptors (Lipinski definition) is 1. The second-order valence-electron chi connectivity index (χ2n) is 2.37. The van der Waals surface area contributed by atoms with Crippen LogP contribution in [0, 0.1) is 13.0 Å². The fourth-order valence-corrected chi connectivity index (χ4v) is 0.892. The summed E-state index contributed by atoms with van der Waals surface area (Å²) in [6.07, 6.45) is -4.38. The maximum atomic E-state index is 12.0. The van der Waals surface area contributed by atoms with Gasteiger partial charge < -0.3 is 0 Å². The van der Waals surface area contributed by atoms with Gasteiger partial charge in [0.05, 0.1) is 0 Å². The van der Waals surface area contributed by atoms with E-state index >= 15 is 0 Å². The zero-order valence-electron chi connectivity index (χ0n) is 6.74. The topological polar surface area (TPSA) is 17.8 Å². The van der Waals surface area contributed by atoms with Crippen molar-refractivity contribution in [2.75, 3.05) is 0 Å². The minimum atomic E-state index is -4.38. The van der Waals surface area contributed by atoms with Gasteiger partial charge in [-0.05, 0) is 13.8 Å². The number of nitrogens with zero attached hydrogens (tertiary/aromatic N) is 2. The zero-order valence-corrected chi connectivity index (χ0v) is 6.74. The van der Waals surface area contributed by atoms with Crippen LogP contribution in [0.5, 0.6) is 0 Å². The monoisotopic (exact) mass is 177 g/mol. The largest absolute Gasteiger partial charge is 0.435 e. The van der Waals surface area contributed by atoms with E-state index in [4.69, 9.17) is 0 Å².